The van der Waals surface area contributed by atoms with E-state index in [1.54, 1.807) is 19.0 Å². The predicted octanol–water partition coefficient (Wildman–Crippen LogP) is 1.45. The zero-order chi connectivity index (χ0) is 16.3. The number of likely N-dealkylation sites (tertiary alicyclic amines) is 1. The minimum Gasteiger partial charge on any atom is -0.380 e. The van der Waals surface area contributed by atoms with Gasteiger partial charge in [0.25, 0.3) is 0 Å². The molecule has 0 spiro atoms. The Bertz CT molecular complexity index is 534. The van der Waals surface area contributed by atoms with Crippen LogP contribution in [0.25, 0.3) is 0 Å². The Morgan fingerprint density at radius 1 is 1.39 bits per heavy atom. The number of benzene rings is 1. The van der Waals surface area contributed by atoms with Crippen molar-refractivity contribution in [3.63, 3.8) is 0 Å². The molecule has 0 aliphatic carbocycles. The van der Waals surface area contributed by atoms with E-state index in [2.05, 4.69) is 40.5 Å². The van der Waals surface area contributed by atoms with Gasteiger partial charge in [-0.1, -0.05) is 30.3 Å². The molecule has 126 valence electrons. The quantitative estimate of drug-likeness (QED) is 0.894. The Hall–Kier alpha value is -1.59. The summed E-state index contributed by atoms with van der Waals surface area (Å²) in [7, 11) is 3.55. The molecule has 2 saturated heterocycles. The first-order valence-corrected chi connectivity index (χ1v) is 8.38. The first-order chi connectivity index (χ1) is 11.1. The molecule has 0 bridgehead atoms. The zero-order valence-corrected chi connectivity index (χ0v) is 14.1. The van der Waals surface area contributed by atoms with Crippen LogP contribution in [0, 0.1) is 11.3 Å². The van der Waals surface area contributed by atoms with Crippen LogP contribution >= 0.6 is 0 Å². The van der Waals surface area contributed by atoms with Crippen LogP contribution in [0.15, 0.2) is 30.3 Å². The first-order valence-electron chi connectivity index (χ1n) is 8.38. The lowest BCUT2D eigenvalue weighted by molar-refractivity contribution is 0.127. The highest BCUT2D eigenvalue weighted by Crippen LogP contribution is 2.40. The van der Waals surface area contributed by atoms with E-state index in [4.69, 9.17) is 4.74 Å². The van der Waals surface area contributed by atoms with E-state index >= 15 is 0 Å². The van der Waals surface area contributed by atoms with Crippen molar-refractivity contribution < 1.29 is 9.53 Å². The fourth-order valence-corrected chi connectivity index (χ4v) is 3.70. The van der Waals surface area contributed by atoms with E-state index in [0.29, 0.717) is 12.5 Å². The molecule has 2 fully saturated rings. The highest BCUT2D eigenvalue weighted by atomic mass is 16.5. The molecule has 2 atom stereocenters. The number of carbonyl (C=O) groups excluding carboxylic acids is 1. The molecular formula is C18H27N3O2. The molecule has 1 aromatic carbocycles. The summed E-state index contributed by atoms with van der Waals surface area (Å²) in [6, 6.07) is 10.6. The second kappa shape index (κ2) is 6.89. The Balaban J connectivity index is 1.55. The molecule has 23 heavy (non-hydrogen) atoms. The van der Waals surface area contributed by atoms with Crippen LogP contribution in [0.3, 0.4) is 0 Å². The molecule has 0 unspecified atom stereocenters. The van der Waals surface area contributed by atoms with Crippen molar-refractivity contribution in [1.29, 1.82) is 0 Å². The van der Waals surface area contributed by atoms with Gasteiger partial charge in [0.1, 0.15) is 0 Å². The maximum absolute atomic E-state index is 11.8. The summed E-state index contributed by atoms with van der Waals surface area (Å²) in [5.41, 5.74) is 1.47. The summed E-state index contributed by atoms with van der Waals surface area (Å²) in [6.45, 7) is 5.44. The number of hydrogen-bond acceptors (Lipinski definition) is 3. The third-order valence-electron chi connectivity index (χ3n) is 5.15. The number of amides is 2. The second-order valence-corrected chi connectivity index (χ2v) is 7.10. The van der Waals surface area contributed by atoms with Gasteiger partial charge in [-0.05, 0) is 12.0 Å². The van der Waals surface area contributed by atoms with Gasteiger partial charge in [0.05, 0.1) is 13.2 Å². The molecule has 2 aliphatic rings. The number of carbonyl (C=O) groups is 1. The van der Waals surface area contributed by atoms with Crippen molar-refractivity contribution in [3.8, 4) is 0 Å². The maximum atomic E-state index is 11.8. The lowest BCUT2D eigenvalue weighted by Crippen LogP contribution is -2.46. The molecule has 1 aromatic rings. The molecule has 2 amide bonds. The Kier molecular flexibility index (Phi) is 4.87. The normalized spacial score (nSPS) is 27.0. The molecule has 2 aliphatic heterocycles. The molecule has 2 heterocycles. The van der Waals surface area contributed by atoms with Crippen molar-refractivity contribution in [1.82, 2.24) is 15.1 Å². The van der Waals surface area contributed by atoms with Gasteiger partial charge in [0, 0.05) is 51.6 Å². The molecule has 0 aromatic heterocycles. The molecule has 0 saturated carbocycles. The third kappa shape index (κ3) is 3.67. The van der Waals surface area contributed by atoms with Gasteiger partial charge in [-0.2, -0.15) is 0 Å². The standard InChI is InChI=1S/C18H27N3O2/c1-20(2)17(22)19-12-18-13-21(10-16(18)11-23-14-18)9-8-15-6-4-3-5-7-15/h3-7,16H,8-14H2,1-2H3,(H,19,22)/t16-,18+/m1/s1. The monoisotopic (exact) mass is 317 g/mol. The molecular weight excluding hydrogens is 290 g/mol. The molecule has 0 radical (unpaired) electrons. The summed E-state index contributed by atoms with van der Waals surface area (Å²) >= 11 is 0. The van der Waals surface area contributed by atoms with Gasteiger partial charge in [-0.15, -0.1) is 0 Å². The van der Waals surface area contributed by atoms with Crippen LogP contribution in [0.1, 0.15) is 5.56 Å². The largest absolute Gasteiger partial charge is 0.380 e. The number of urea groups is 1. The van der Waals surface area contributed by atoms with Crippen LogP contribution in [0.4, 0.5) is 4.79 Å². The molecule has 5 nitrogen and oxygen atoms in total. The topological polar surface area (TPSA) is 44.8 Å². The van der Waals surface area contributed by atoms with Crippen LogP contribution in [0.2, 0.25) is 0 Å². The summed E-state index contributed by atoms with van der Waals surface area (Å²) < 4.78 is 5.73. The van der Waals surface area contributed by atoms with Crippen molar-refractivity contribution >= 4 is 6.03 Å². The first kappa shape index (κ1) is 16.3. The second-order valence-electron chi connectivity index (χ2n) is 7.10. The van der Waals surface area contributed by atoms with Crippen LogP contribution in [-0.4, -0.2) is 69.3 Å². The van der Waals surface area contributed by atoms with Crippen LogP contribution in [0.5, 0.6) is 0 Å². The van der Waals surface area contributed by atoms with E-state index < -0.39 is 0 Å². The van der Waals surface area contributed by atoms with Gasteiger partial charge >= 0.3 is 6.03 Å². The van der Waals surface area contributed by atoms with Gasteiger partial charge in [-0.25, -0.2) is 4.79 Å². The van der Waals surface area contributed by atoms with E-state index in [1.165, 1.54) is 5.56 Å². The smallest absolute Gasteiger partial charge is 0.316 e. The number of fused-ring (bicyclic) bond motifs is 1. The van der Waals surface area contributed by atoms with Crippen molar-refractivity contribution in [2.24, 2.45) is 11.3 Å². The Morgan fingerprint density at radius 3 is 2.91 bits per heavy atom. The lowest BCUT2D eigenvalue weighted by Gasteiger charge is -2.28. The van der Waals surface area contributed by atoms with Crippen LogP contribution in [-0.2, 0) is 11.2 Å². The summed E-state index contributed by atoms with van der Waals surface area (Å²) in [5, 5.41) is 3.06. The molecule has 3 rings (SSSR count). The summed E-state index contributed by atoms with van der Waals surface area (Å²) in [5.74, 6) is 0.528. The van der Waals surface area contributed by atoms with E-state index in [9.17, 15) is 4.79 Å². The minimum atomic E-state index is -0.0206. The van der Waals surface area contributed by atoms with Gasteiger partial charge < -0.3 is 19.9 Å². The Morgan fingerprint density at radius 2 is 2.17 bits per heavy atom. The van der Waals surface area contributed by atoms with Crippen molar-refractivity contribution in [2.45, 2.75) is 6.42 Å². The van der Waals surface area contributed by atoms with Gasteiger partial charge in [0.15, 0.2) is 0 Å². The number of nitrogens with one attached hydrogen (secondary N) is 1. The van der Waals surface area contributed by atoms with E-state index in [1.807, 2.05) is 0 Å². The van der Waals surface area contributed by atoms with Crippen LogP contribution < -0.4 is 5.32 Å². The molecule has 5 heteroatoms. The average Bonchev–Trinajstić information content (AvgIpc) is 3.08. The number of ether oxygens (including phenoxy) is 1. The zero-order valence-electron chi connectivity index (χ0n) is 14.1. The highest BCUT2D eigenvalue weighted by Gasteiger charge is 2.50. The van der Waals surface area contributed by atoms with E-state index in [0.717, 1.165) is 39.3 Å². The van der Waals surface area contributed by atoms with Crippen molar-refractivity contribution in [2.75, 3.05) is 53.5 Å². The number of nitrogens with zero attached hydrogens (tertiary/aromatic N) is 2. The number of rotatable bonds is 5. The van der Waals surface area contributed by atoms with Crippen molar-refractivity contribution in [3.05, 3.63) is 35.9 Å². The van der Waals surface area contributed by atoms with Gasteiger partial charge in [-0.3, -0.25) is 0 Å². The lowest BCUT2D eigenvalue weighted by atomic mass is 9.81. The predicted molar refractivity (Wildman–Crippen MR) is 90.4 cm³/mol. The summed E-state index contributed by atoms with van der Waals surface area (Å²) in [6.07, 6.45) is 1.08. The third-order valence-corrected chi connectivity index (χ3v) is 5.15. The number of hydrogen-bond donors (Lipinski definition) is 1. The SMILES string of the molecule is CN(C)C(=O)NC[C@]12COC[C@H]1CN(CCc1ccccc1)C2. The fraction of sp³-hybridized carbons (Fsp3) is 0.611. The minimum absolute atomic E-state index is 0.0206. The fourth-order valence-electron chi connectivity index (χ4n) is 3.70. The average molecular weight is 317 g/mol. The summed E-state index contributed by atoms with van der Waals surface area (Å²) in [4.78, 5) is 16.0. The Labute approximate surface area is 138 Å². The van der Waals surface area contributed by atoms with E-state index in [-0.39, 0.29) is 11.4 Å². The highest BCUT2D eigenvalue weighted by molar-refractivity contribution is 5.73. The molecule has 1 N–H and O–H groups in total. The maximum Gasteiger partial charge on any atom is 0.316 e. The van der Waals surface area contributed by atoms with Gasteiger partial charge in [0.2, 0.25) is 0 Å².